The van der Waals surface area contributed by atoms with Gasteiger partial charge in [0.2, 0.25) is 0 Å². The van der Waals surface area contributed by atoms with Gasteiger partial charge in [-0.2, -0.15) is 0 Å². The Morgan fingerprint density at radius 3 is 2.50 bits per heavy atom. The first-order chi connectivity index (χ1) is 8.36. The van der Waals surface area contributed by atoms with E-state index in [0.717, 1.165) is 25.6 Å². The van der Waals surface area contributed by atoms with Gasteiger partial charge < -0.3 is 16.0 Å². The summed E-state index contributed by atoms with van der Waals surface area (Å²) in [7, 11) is 2.23. The van der Waals surface area contributed by atoms with E-state index in [1.807, 2.05) is 0 Å². The third kappa shape index (κ3) is 4.52. The molecule has 0 aliphatic carbocycles. The van der Waals surface area contributed by atoms with E-state index in [1.54, 1.807) is 0 Å². The highest BCUT2D eigenvalue weighted by molar-refractivity contribution is 4.87. The van der Waals surface area contributed by atoms with E-state index >= 15 is 0 Å². The molecule has 1 fully saturated rings. The molecular weight excluding hydrogens is 222 g/mol. The lowest BCUT2D eigenvalue weighted by Gasteiger charge is -2.33. The van der Waals surface area contributed by atoms with Crippen LogP contribution in [0.3, 0.4) is 0 Å². The van der Waals surface area contributed by atoms with Crippen molar-refractivity contribution in [3.63, 3.8) is 0 Å². The third-order valence-corrected chi connectivity index (χ3v) is 4.73. The van der Waals surface area contributed by atoms with Crippen LogP contribution in [0, 0.1) is 23.2 Å². The summed E-state index contributed by atoms with van der Waals surface area (Å²) in [4.78, 5) is 2.45. The molecule has 18 heavy (non-hydrogen) atoms. The average molecular weight is 255 g/mol. The SMILES string of the molecule is CC(C)C(CN)CNCC(C)(C)C1CCN(C)C1. The number of hydrogen-bond donors (Lipinski definition) is 2. The van der Waals surface area contributed by atoms with Crippen LogP contribution in [0.5, 0.6) is 0 Å². The maximum absolute atomic E-state index is 5.82. The highest BCUT2D eigenvalue weighted by Gasteiger charge is 2.33. The average Bonchev–Trinajstić information content (AvgIpc) is 2.71. The summed E-state index contributed by atoms with van der Waals surface area (Å²) < 4.78 is 0. The molecular formula is C15H33N3. The van der Waals surface area contributed by atoms with Gasteiger partial charge in [-0.15, -0.1) is 0 Å². The van der Waals surface area contributed by atoms with E-state index < -0.39 is 0 Å². The van der Waals surface area contributed by atoms with Crippen molar-refractivity contribution in [3.05, 3.63) is 0 Å². The largest absolute Gasteiger partial charge is 0.330 e. The maximum Gasteiger partial charge on any atom is 0.00127 e. The Hall–Kier alpha value is -0.120. The van der Waals surface area contributed by atoms with Crippen LogP contribution >= 0.6 is 0 Å². The van der Waals surface area contributed by atoms with Crippen LogP contribution in [-0.2, 0) is 0 Å². The second kappa shape index (κ2) is 6.88. The third-order valence-electron chi connectivity index (χ3n) is 4.73. The fraction of sp³-hybridized carbons (Fsp3) is 1.00. The zero-order valence-corrected chi connectivity index (χ0v) is 13.0. The molecule has 0 radical (unpaired) electrons. The van der Waals surface area contributed by atoms with Crippen molar-refractivity contribution in [2.24, 2.45) is 28.9 Å². The van der Waals surface area contributed by atoms with Crippen molar-refractivity contribution in [2.45, 2.75) is 34.1 Å². The minimum Gasteiger partial charge on any atom is -0.330 e. The Morgan fingerprint density at radius 2 is 2.06 bits per heavy atom. The number of nitrogens with two attached hydrogens (primary N) is 1. The molecule has 0 spiro atoms. The molecule has 0 aromatic carbocycles. The van der Waals surface area contributed by atoms with Gasteiger partial charge in [0.1, 0.15) is 0 Å². The molecule has 1 heterocycles. The van der Waals surface area contributed by atoms with E-state index in [2.05, 4.69) is 45.0 Å². The molecule has 3 heteroatoms. The zero-order chi connectivity index (χ0) is 13.8. The van der Waals surface area contributed by atoms with Gasteiger partial charge >= 0.3 is 0 Å². The summed E-state index contributed by atoms with van der Waals surface area (Å²) in [5.41, 5.74) is 6.21. The van der Waals surface area contributed by atoms with Gasteiger partial charge in [0.05, 0.1) is 0 Å². The van der Waals surface area contributed by atoms with Gasteiger partial charge in [0.15, 0.2) is 0 Å². The number of hydrogen-bond acceptors (Lipinski definition) is 3. The van der Waals surface area contributed by atoms with Crippen LogP contribution in [0.15, 0.2) is 0 Å². The minimum absolute atomic E-state index is 0.390. The molecule has 1 aliphatic rings. The molecule has 3 nitrogen and oxygen atoms in total. The van der Waals surface area contributed by atoms with Crippen LogP contribution in [0.1, 0.15) is 34.1 Å². The highest BCUT2D eigenvalue weighted by Crippen LogP contribution is 2.33. The summed E-state index contributed by atoms with van der Waals surface area (Å²) in [6, 6.07) is 0. The summed E-state index contributed by atoms with van der Waals surface area (Å²) in [5, 5.41) is 3.65. The molecule has 0 saturated carbocycles. The predicted molar refractivity (Wildman–Crippen MR) is 79.6 cm³/mol. The Kier molecular flexibility index (Phi) is 6.09. The van der Waals surface area contributed by atoms with Crippen LogP contribution in [0.2, 0.25) is 0 Å². The topological polar surface area (TPSA) is 41.3 Å². The van der Waals surface area contributed by atoms with Gasteiger partial charge in [0.25, 0.3) is 0 Å². The minimum atomic E-state index is 0.390. The van der Waals surface area contributed by atoms with Gasteiger partial charge in [0, 0.05) is 13.1 Å². The van der Waals surface area contributed by atoms with Crippen molar-refractivity contribution < 1.29 is 0 Å². The van der Waals surface area contributed by atoms with Crippen molar-refractivity contribution in [3.8, 4) is 0 Å². The number of nitrogens with one attached hydrogen (secondary N) is 1. The van der Waals surface area contributed by atoms with Crippen molar-refractivity contribution >= 4 is 0 Å². The van der Waals surface area contributed by atoms with Crippen LogP contribution in [0.25, 0.3) is 0 Å². The standard InChI is InChI=1S/C15H33N3/c1-12(2)13(8-16)9-17-11-15(3,4)14-6-7-18(5)10-14/h12-14,17H,6-11,16H2,1-5H3. The molecule has 1 saturated heterocycles. The van der Waals surface area contributed by atoms with Gasteiger partial charge in [-0.05, 0) is 56.3 Å². The molecule has 2 unspecified atom stereocenters. The van der Waals surface area contributed by atoms with Crippen LogP contribution in [-0.4, -0.2) is 44.7 Å². The molecule has 1 rings (SSSR count). The maximum atomic E-state index is 5.82. The molecule has 0 amide bonds. The van der Waals surface area contributed by atoms with E-state index in [9.17, 15) is 0 Å². The first-order valence-electron chi connectivity index (χ1n) is 7.46. The Balaban J connectivity index is 2.33. The van der Waals surface area contributed by atoms with E-state index in [-0.39, 0.29) is 0 Å². The summed E-state index contributed by atoms with van der Waals surface area (Å²) in [6.07, 6.45) is 1.34. The van der Waals surface area contributed by atoms with Crippen molar-refractivity contribution in [1.82, 2.24) is 10.2 Å². The highest BCUT2D eigenvalue weighted by atomic mass is 15.1. The van der Waals surface area contributed by atoms with Gasteiger partial charge in [-0.25, -0.2) is 0 Å². The lowest BCUT2D eigenvalue weighted by molar-refractivity contribution is 0.200. The van der Waals surface area contributed by atoms with E-state index in [4.69, 9.17) is 5.73 Å². The smallest absolute Gasteiger partial charge is 0.00127 e. The summed E-state index contributed by atoms with van der Waals surface area (Å²) >= 11 is 0. The monoisotopic (exact) mass is 255 g/mol. The lowest BCUT2D eigenvalue weighted by Crippen LogP contribution is -2.40. The number of likely N-dealkylation sites (tertiary alicyclic amines) is 1. The zero-order valence-electron chi connectivity index (χ0n) is 13.0. The van der Waals surface area contributed by atoms with Crippen LogP contribution in [0.4, 0.5) is 0 Å². The lowest BCUT2D eigenvalue weighted by atomic mass is 9.78. The normalized spacial score (nSPS) is 23.8. The Labute approximate surface area is 113 Å². The predicted octanol–water partition coefficient (Wildman–Crippen LogP) is 1.78. The quantitative estimate of drug-likeness (QED) is 0.729. The Morgan fingerprint density at radius 1 is 1.39 bits per heavy atom. The van der Waals surface area contributed by atoms with Crippen molar-refractivity contribution in [1.29, 1.82) is 0 Å². The summed E-state index contributed by atoms with van der Waals surface area (Å²) in [5.74, 6) is 2.10. The van der Waals surface area contributed by atoms with Gasteiger partial charge in [-0.1, -0.05) is 27.7 Å². The molecule has 0 bridgehead atoms. The van der Waals surface area contributed by atoms with Gasteiger partial charge in [-0.3, -0.25) is 0 Å². The molecule has 1 aliphatic heterocycles. The van der Waals surface area contributed by atoms with E-state index in [0.29, 0.717) is 17.3 Å². The number of rotatable bonds is 7. The molecule has 2 atom stereocenters. The summed E-state index contributed by atoms with van der Waals surface area (Å²) in [6.45, 7) is 14.8. The Bertz CT molecular complexity index is 238. The van der Waals surface area contributed by atoms with E-state index in [1.165, 1.54) is 19.5 Å². The molecule has 0 aromatic rings. The first-order valence-corrected chi connectivity index (χ1v) is 7.46. The fourth-order valence-electron chi connectivity index (χ4n) is 2.89. The number of nitrogens with zero attached hydrogens (tertiary/aromatic N) is 1. The molecule has 108 valence electrons. The molecule has 3 N–H and O–H groups in total. The first kappa shape index (κ1) is 15.9. The molecule has 0 aromatic heterocycles. The van der Waals surface area contributed by atoms with Crippen molar-refractivity contribution in [2.75, 3.05) is 39.8 Å². The van der Waals surface area contributed by atoms with Crippen LogP contribution < -0.4 is 11.1 Å². The second-order valence-corrected chi connectivity index (χ2v) is 7.11. The fourth-order valence-corrected chi connectivity index (χ4v) is 2.89. The second-order valence-electron chi connectivity index (χ2n) is 7.11.